The number of pyridine rings is 1. The third-order valence-corrected chi connectivity index (χ3v) is 5.12. The average molecular weight is 365 g/mol. The Morgan fingerprint density at radius 3 is 2.52 bits per heavy atom. The summed E-state index contributed by atoms with van der Waals surface area (Å²) in [6.45, 7) is 9.16. The van der Waals surface area contributed by atoms with Crippen LogP contribution in [-0.4, -0.2) is 51.7 Å². The fourth-order valence-electron chi connectivity index (χ4n) is 3.55. The van der Waals surface area contributed by atoms with Crippen molar-refractivity contribution in [3.63, 3.8) is 0 Å². The quantitative estimate of drug-likeness (QED) is 0.756. The molecule has 0 spiro atoms. The highest BCUT2D eigenvalue weighted by Gasteiger charge is 2.24. The van der Waals surface area contributed by atoms with Crippen LogP contribution in [0.1, 0.15) is 27.3 Å². The van der Waals surface area contributed by atoms with E-state index in [1.807, 2.05) is 18.4 Å². The number of aryl methyl sites for hydroxylation is 3. The standard InChI is InChI=1S/C19H23N7O/c1-12-11-16(26-18(22-12)13(2)14(3)23-26)24-7-9-25(10-8-24)19-15(17(20)27)5-4-6-21-19/h4-6,11H,7-10H2,1-3H3,(H2,20,27). The van der Waals surface area contributed by atoms with E-state index >= 15 is 0 Å². The zero-order valence-electron chi connectivity index (χ0n) is 15.8. The molecule has 140 valence electrons. The van der Waals surface area contributed by atoms with E-state index in [4.69, 9.17) is 5.73 Å². The molecular weight excluding hydrogens is 342 g/mol. The summed E-state index contributed by atoms with van der Waals surface area (Å²) in [6.07, 6.45) is 1.69. The van der Waals surface area contributed by atoms with Crippen molar-refractivity contribution >= 4 is 23.2 Å². The molecule has 1 aliphatic rings. The summed E-state index contributed by atoms with van der Waals surface area (Å²) in [5.74, 6) is 1.26. The van der Waals surface area contributed by atoms with Gasteiger partial charge in [-0.3, -0.25) is 4.79 Å². The molecule has 2 N–H and O–H groups in total. The van der Waals surface area contributed by atoms with Gasteiger partial charge in [0.2, 0.25) is 0 Å². The lowest BCUT2D eigenvalue weighted by molar-refractivity contribution is 0.100. The lowest BCUT2D eigenvalue weighted by Gasteiger charge is -2.37. The van der Waals surface area contributed by atoms with Crippen molar-refractivity contribution in [3.8, 4) is 0 Å². The Hall–Kier alpha value is -3.16. The number of aromatic nitrogens is 4. The molecule has 8 nitrogen and oxygen atoms in total. The number of fused-ring (bicyclic) bond motifs is 1. The molecule has 1 saturated heterocycles. The molecule has 4 heterocycles. The minimum absolute atomic E-state index is 0.450. The predicted octanol–water partition coefficient (Wildman–Crippen LogP) is 1.48. The van der Waals surface area contributed by atoms with Gasteiger partial charge in [0.05, 0.1) is 11.3 Å². The normalized spacial score (nSPS) is 14.8. The van der Waals surface area contributed by atoms with Gasteiger partial charge in [0.15, 0.2) is 5.65 Å². The maximum Gasteiger partial charge on any atom is 0.252 e. The minimum atomic E-state index is -0.450. The number of hydrogen-bond acceptors (Lipinski definition) is 6. The summed E-state index contributed by atoms with van der Waals surface area (Å²) in [5.41, 5.74) is 9.95. The molecule has 0 bridgehead atoms. The maximum absolute atomic E-state index is 11.7. The number of nitrogens with zero attached hydrogens (tertiary/aromatic N) is 6. The summed E-state index contributed by atoms with van der Waals surface area (Å²) >= 11 is 0. The predicted molar refractivity (Wildman–Crippen MR) is 104 cm³/mol. The number of carbonyl (C=O) groups is 1. The monoisotopic (exact) mass is 365 g/mol. The number of hydrogen-bond donors (Lipinski definition) is 1. The lowest BCUT2D eigenvalue weighted by atomic mass is 10.2. The van der Waals surface area contributed by atoms with Crippen molar-refractivity contribution in [2.45, 2.75) is 20.8 Å². The summed E-state index contributed by atoms with van der Waals surface area (Å²) in [4.78, 5) is 25.1. The van der Waals surface area contributed by atoms with E-state index in [0.717, 1.165) is 54.6 Å². The van der Waals surface area contributed by atoms with Gasteiger partial charge in [-0.25, -0.2) is 9.97 Å². The highest BCUT2D eigenvalue weighted by atomic mass is 16.1. The van der Waals surface area contributed by atoms with Crippen LogP contribution in [0.4, 0.5) is 11.6 Å². The molecule has 0 atom stereocenters. The van der Waals surface area contributed by atoms with Gasteiger partial charge in [0.1, 0.15) is 11.6 Å². The minimum Gasteiger partial charge on any atom is -0.365 e. The van der Waals surface area contributed by atoms with Crippen molar-refractivity contribution < 1.29 is 4.79 Å². The van der Waals surface area contributed by atoms with Crippen LogP contribution < -0.4 is 15.5 Å². The molecule has 0 unspecified atom stereocenters. The van der Waals surface area contributed by atoms with E-state index in [1.165, 1.54) is 0 Å². The first-order valence-corrected chi connectivity index (χ1v) is 9.04. The highest BCUT2D eigenvalue weighted by molar-refractivity contribution is 5.97. The van der Waals surface area contributed by atoms with Crippen LogP contribution in [-0.2, 0) is 0 Å². The second-order valence-electron chi connectivity index (χ2n) is 6.91. The van der Waals surface area contributed by atoms with Crippen LogP contribution in [0.3, 0.4) is 0 Å². The number of piperazine rings is 1. The van der Waals surface area contributed by atoms with Gasteiger partial charge >= 0.3 is 0 Å². The van der Waals surface area contributed by atoms with Crippen LogP contribution in [0.25, 0.3) is 5.65 Å². The third-order valence-electron chi connectivity index (χ3n) is 5.12. The Labute approximate surface area is 157 Å². The molecule has 4 rings (SSSR count). The van der Waals surface area contributed by atoms with Crippen LogP contribution in [0.5, 0.6) is 0 Å². The van der Waals surface area contributed by atoms with Gasteiger partial charge in [-0.1, -0.05) is 0 Å². The van der Waals surface area contributed by atoms with Gasteiger partial charge in [-0.05, 0) is 32.9 Å². The van der Waals surface area contributed by atoms with Crippen molar-refractivity contribution in [3.05, 3.63) is 46.9 Å². The fraction of sp³-hybridized carbons (Fsp3) is 0.368. The first-order chi connectivity index (χ1) is 13.0. The first-order valence-electron chi connectivity index (χ1n) is 9.04. The Morgan fingerprint density at radius 2 is 1.81 bits per heavy atom. The molecule has 0 aromatic carbocycles. The molecule has 0 aliphatic carbocycles. The SMILES string of the molecule is Cc1cc(N2CCN(c3ncccc3C(N)=O)CC2)n2nc(C)c(C)c2n1. The van der Waals surface area contributed by atoms with E-state index in [-0.39, 0.29) is 0 Å². The zero-order chi connectivity index (χ0) is 19.1. The molecule has 8 heteroatoms. The van der Waals surface area contributed by atoms with Crippen LogP contribution in [0.2, 0.25) is 0 Å². The maximum atomic E-state index is 11.7. The number of rotatable bonds is 3. The van der Waals surface area contributed by atoms with E-state index in [9.17, 15) is 4.79 Å². The van der Waals surface area contributed by atoms with Gasteiger partial charge in [0.25, 0.3) is 5.91 Å². The first kappa shape index (κ1) is 17.3. The van der Waals surface area contributed by atoms with E-state index in [1.54, 1.807) is 18.3 Å². The number of nitrogens with two attached hydrogens (primary N) is 1. The zero-order valence-corrected chi connectivity index (χ0v) is 15.8. The number of carbonyl (C=O) groups excluding carboxylic acids is 1. The van der Waals surface area contributed by atoms with Crippen molar-refractivity contribution in [2.75, 3.05) is 36.0 Å². The smallest absolute Gasteiger partial charge is 0.252 e. The summed E-state index contributed by atoms with van der Waals surface area (Å²) in [6, 6.07) is 5.53. The molecule has 1 amide bonds. The molecule has 3 aromatic heterocycles. The van der Waals surface area contributed by atoms with E-state index < -0.39 is 5.91 Å². The number of primary amides is 1. The second kappa shape index (κ2) is 6.53. The third kappa shape index (κ3) is 2.97. The van der Waals surface area contributed by atoms with E-state index in [0.29, 0.717) is 11.4 Å². The van der Waals surface area contributed by atoms with Crippen molar-refractivity contribution in [2.24, 2.45) is 5.73 Å². The Kier molecular flexibility index (Phi) is 4.18. The van der Waals surface area contributed by atoms with Gasteiger partial charge in [0, 0.05) is 49.7 Å². The lowest BCUT2D eigenvalue weighted by Crippen LogP contribution is -2.48. The number of anilines is 2. The van der Waals surface area contributed by atoms with Crippen LogP contribution >= 0.6 is 0 Å². The van der Waals surface area contributed by atoms with Gasteiger partial charge in [-0.2, -0.15) is 9.61 Å². The molecule has 27 heavy (non-hydrogen) atoms. The molecular formula is C19H23N7O. The molecule has 0 radical (unpaired) electrons. The molecule has 0 saturated carbocycles. The number of amides is 1. The topological polar surface area (TPSA) is 92.7 Å². The van der Waals surface area contributed by atoms with E-state index in [2.05, 4.69) is 37.9 Å². The van der Waals surface area contributed by atoms with Crippen LogP contribution in [0, 0.1) is 20.8 Å². The Bertz CT molecular complexity index is 1020. The summed E-state index contributed by atoms with van der Waals surface area (Å²) in [7, 11) is 0. The van der Waals surface area contributed by atoms with Crippen molar-refractivity contribution in [1.82, 2.24) is 19.6 Å². The van der Waals surface area contributed by atoms with Crippen molar-refractivity contribution in [1.29, 1.82) is 0 Å². The highest BCUT2D eigenvalue weighted by Crippen LogP contribution is 2.24. The van der Waals surface area contributed by atoms with Crippen LogP contribution in [0.15, 0.2) is 24.4 Å². The summed E-state index contributed by atoms with van der Waals surface area (Å²) < 4.78 is 1.93. The second-order valence-corrected chi connectivity index (χ2v) is 6.91. The Balaban J connectivity index is 1.61. The fourth-order valence-corrected chi connectivity index (χ4v) is 3.55. The largest absolute Gasteiger partial charge is 0.365 e. The van der Waals surface area contributed by atoms with Gasteiger partial charge < -0.3 is 15.5 Å². The molecule has 1 aliphatic heterocycles. The summed E-state index contributed by atoms with van der Waals surface area (Å²) in [5, 5.41) is 4.67. The average Bonchev–Trinajstić information content (AvgIpc) is 2.96. The molecule has 1 fully saturated rings. The van der Waals surface area contributed by atoms with Gasteiger partial charge in [-0.15, -0.1) is 0 Å². The Morgan fingerprint density at radius 1 is 1.11 bits per heavy atom. The molecule has 3 aromatic rings.